The van der Waals surface area contributed by atoms with E-state index in [4.69, 9.17) is 9.72 Å². The van der Waals surface area contributed by atoms with Crippen LogP contribution in [-0.2, 0) is 27.1 Å². The van der Waals surface area contributed by atoms with Crippen LogP contribution in [0.3, 0.4) is 0 Å². The van der Waals surface area contributed by atoms with Gasteiger partial charge in [0.15, 0.2) is 0 Å². The predicted molar refractivity (Wildman–Crippen MR) is 309 cm³/mol. The van der Waals surface area contributed by atoms with Crippen molar-refractivity contribution >= 4 is 33.2 Å². The first-order chi connectivity index (χ1) is 34.6. The molecule has 7 aromatic carbocycles. The summed E-state index contributed by atoms with van der Waals surface area (Å²) in [6.07, 6.45) is 1.94. The number of hydrogen-bond acceptors (Lipinski definition) is 4. The maximum atomic E-state index is 7.04. The molecule has 0 unspecified atom stereocenters. The van der Waals surface area contributed by atoms with Gasteiger partial charge in [-0.2, -0.15) is 0 Å². The van der Waals surface area contributed by atoms with Crippen molar-refractivity contribution in [1.29, 1.82) is 0 Å². The smallest absolute Gasteiger partial charge is 0.137 e. The Morgan fingerprint density at radius 1 is 0.384 bits per heavy atom. The lowest BCUT2D eigenvalue weighted by atomic mass is 9.73. The van der Waals surface area contributed by atoms with Crippen molar-refractivity contribution in [2.75, 3.05) is 16.5 Å². The quantitative estimate of drug-likeness (QED) is 0.137. The van der Waals surface area contributed by atoms with Crippen molar-refractivity contribution in [2.45, 2.75) is 117 Å². The van der Waals surface area contributed by atoms with Gasteiger partial charge in [0.2, 0.25) is 0 Å². The molecule has 0 bridgehead atoms. The molecular weight excluding hydrogens is 889 g/mol. The molecule has 0 radical (unpaired) electrons. The fourth-order valence-corrected chi connectivity index (χ4v) is 10.8. The van der Waals surface area contributed by atoms with Crippen molar-refractivity contribution < 1.29 is 4.74 Å². The van der Waals surface area contributed by atoms with E-state index in [1.807, 2.05) is 6.20 Å². The zero-order valence-electron chi connectivity index (χ0n) is 45.3. The molecule has 10 rings (SSSR count). The molecule has 73 heavy (non-hydrogen) atoms. The molecule has 0 N–H and O–H groups in total. The molecule has 3 heterocycles. The highest BCUT2D eigenvalue weighted by molar-refractivity contribution is 6.10. The largest absolute Gasteiger partial charge is 0.457 e. The highest BCUT2D eigenvalue weighted by atomic mass is 16.5. The van der Waals surface area contributed by atoms with Crippen LogP contribution < -0.4 is 14.5 Å². The number of pyridine rings is 1. The van der Waals surface area contributed by atoms with Gasteiger partial charge in [-0.05, 0) is 116 Å². The summed E-state index contributed by atoms with van der Waals surface area (Å²) in [4.78, 5) is 10.2. The highest BCUT2D eigenvalue weighted by Gasteiger charge is 2.46. The molecule has 0 saturated heterocycles. The van der Waals surface area contributed by atoms with E-state index in [9.17, 15) is 0 Å². The molecule has 0 aliphatic carbocycles. The summed E-state index contributed by atoms with van der Waals surface area (Å²) in [5.74, 6) is 2.41. The maximum Gasteiger partial charge on any atom is 0.137 e. The Morgan fingerprint density at radius 2 is 0.932 bits per heavy atom. The summed E-state index contributed by atoms with van der Waals surface area (Å²) in [6.45, 7) is 30.9. The second kappa shape index (κ2) is 18.3. The number of ether oxygens (including phenoxy) is 1. The Kier molecular flexibility index (Phi) is 12.3. The lowest BCUT2D eigenvalue weighted by Gasteiger charge is -2.38. The number of benzene rings is 7. The third-order valence-electron chi connectivity index (χ3n) is 15.2. The number of fused-ring (bicyclic) bond motifs is 3. The van der Waals surface area contributed by atoms with E-state index in [1.54, 1.807) is 0 Å². The molecule has 0 saturated carbocycles. The van der Waals surface area contributed by atoms with Gasteiger partial charge in [-0.1, -0.05) is 199 Å². The van der Waals surface area contributed by atoms with E-state index in [1.165, 1.54) is 61.4 Å². The summed E-state index contributed by atoms with van der Waals surface area (Å²) >= 11 is 0. The number of nitrogens with zero attached hydrogens (tertiary/aromatic N) is 4. The number of allylic oxidation sites excluding steroid dienone is 2. The van der Waals surface area contributed by atoms with Gasteiger partial charge in [-0.15, -0.1) is 0 Å². The molecule has 9 aromatic rings. The van der Waals surface area contributed by atoms with E-state index < -0.39 is 10.8 Å². The van der Waals surface area contributed by atoms with Crippen LogP contribution in [0.4, 0.5) is 11.4 Å². The van der Waals surface area contributed by atoms with E-state index in [0.29, 0.717) is 6.67 Å². The standard InChI is InChI=1S/C68H72N4O/c1-64(2,3)50-36-37-69-61(42-50)72-59-35-32-47(46-24-17-14-18-25-46)38-58(59)57-34-33-56(44-60(57)72)73-55-31-23-30-53(43-55)70-45-71(54-40-51(65(4,5)6)39-52(41-54)66(7,8)9)63(68(12,13)49-28-21-16-22-29-49)62(70)67(10,11)48-26-19-15-20-27-48/h14-44H,45H2,1-13H3. The van der Waals surface area contributed by atoms with Crippen LogP contribution in [-0.4, -0.2) is 16.2 Å². The Hall–Kier alpha value is -7.37. The van der Waals surface area contributed by atoms with Crippen molar-refractivity contribution in [2.24, 2.45) is 0 Å². The van der Waals surface area contributed by atoms with Gasteiger partial charge in [0.25, 0.3) is 0 Å². The first kappa shape index (κ1) is 49.2. The average Bonchev–Trinajstić information content (AvgIpc) is 3.94. The fraction of sp³-hybridized carbons (Fsp3) is 0.279. The van der Waals surface area contributed by atoms with Gasteiger partial charge in [0.1, 0.15) is 17.3 Å². The summed E-state index contributed by atoms with van der Waals surface area (Å²) < 4.78 is 9.34. The molecule has 2 aromatic heterocycles. The number of rotatable bonds is 10. The van der Waals surface area contributed by atoms with Crippen LogP contribution in [0.5, 0.6) is 11.5 Å². The third-order valence-corrected chi connectivity index (χ3v) is 15.2. The van der Waals surface area contributed by atoms with E-state index >= 15 is 0 Å². The van der Waals surface area contributed by atoms with Crippen LogP contribution in [0.25, 0.3) is 38.8 Å². The van der Waals surface area contributed by atoms with E-state index in [2.05, 4.69) is 286 Å². The Labute approximate surface area is 434 Å². The van der Waals surface area contributed by atoms with E-state index in [-0.39, 0.29) is 16.2 Å². The molecule has 5 nitrogen and oxygen atoms in total. The zero-order chi connectivity index (χ0) is 51.7. The topological polar surface area (TPSA) is 33.5 Å². The SMILES string of the molecule is CC(C)(C)c1cc(N2CN(c3cccc(Oc4ccc5c6cc(-c7ccccc7)ccc6n(-c6cc(C(C)(C)C)ccn6)c5c4)c3)C(C(C)(C)c3ccccc3)=C2C(C)(C)c2ccccc2)cc(C(C)(C)C)c1. The second-order valence-corrected chi connectivity index (χ2v) is 24.3. The molecule has 1 aliphatic rings. The van der Waals surface area contributed by atoms with Gasteiger partial charge in [0, 0.05) is 51.3 Å². The average molecular weight is 961 g/mol. The molecule has 370 valence electrons. The Balaban J connectivity index is 1.14. The first-order valence-corrected chi connectivity index (χ1v) is 26.0. The van der Waals surface area contributed by atoms with Crippen molar-refractivity contribution in [3.8, 4) is 28.4 Å². The monoisotopic (exact) mass is 961 g/mol. The lowest BCUT2D eigenvalue weighted by molar-refractivity contribution is 0.483. The van der Waals surface area contributed by atoms with Crippen LogP contribution in [0.2, 0.25) is 0 Å². The van der Waals surface area contributed by atoms with Gasteiger partial charge in [-0.25, -0.2) is 4.98 Å². The zero-order valence-corrected chi connectivity index (χ0v) is 45.3. The summed E-state index contributed by atoms with van der Waals surface area (Å²) in [5, 5.41) is 2.31. The van der Waals surface area contributed by atoms with Gasteiger partial charge < -0.3 is 14.5 Å². The molecule has 5 heteroatoms. The highest BCUT2D eigenvalue weighted by Crippen LogP contribution is 2.51. The van der Waals surface area contributed by atoms with Crippen molar-refractivity contribution in [3.05, 3.63) is 227 Å². The molecule has 0 fully saturated rings. The third kappa shape index (κ3) is 9.35. The Bertz CT molecular complexity index is 3470. The van der Waals surface area contributed by atoms with Crippen molar-refractivity contribution in [1.82, 2.24) is 9.55 Å². The minimum Gasteiger partial charge on any atom is -0.457 e. The fourth-order valence-electron chi connectivity index (χ4n) is 10.8. The molecule has 0 atom stereocenters. The normalized spacial score (nSPS) is 13.9. The molecule has 0 spiro atoms. The molecule has 1 aliphatic heterocycles. The minimum absolute atomic E-state index is 0.0438. The minimum atomic E-state index is -0.417. The summed E-state index contributed by atoms with van der Waals surface area (Å²) in [7, 11) is 0. The lowest BCUT2D eigenvalue weighted by Crippen LogP contribution is -2.35. The van der Waals surface area contributed by atoms with Crippen molar-refractivity contribution in [3.63, 3.8) is 0 Å². The number of hydrogen-bond donors (Lipinski definition) is 0. The predicted octanol–water partition coefficient (Wildman–Crippen LogP) is 18.0. The van der Waals surface area contributed by atoms with Gasteiger partial charge >= 0.3 is 0 Å². The van der Waals surface area contributed by atoms with Crippen LogP contribution >= 0.6 is 0 Å². The number of aromatic nitrogens is 2. The summed E-state index contributed by atoms with van der Waals surface area (Å²) in [6, 6.07) is 66.4. The summed E-state index contributed by atoms with van der Waals surface area (Å²) in [5.41, 5.74) is 14.8. The van der Waals surface area contributed by atoms with Gasteiger partial charge in [0.05, 0.1) is 29.1 Å². The number of anilines is 2. The van der Waals surface area contributed by atoms with Crippen LogP contribution in [0.15, 0.2) is 200 Å². The van der Waals surface area contributed by atoms with E-state index in [0.717, 1.165) is 39.4 Å². The molecule has 0 amide bonds. The second-order valence-electron chi connectivity index (χ2n) is 24.3. The van der Waals surface area contributed by atoms with Gasteiger partial charge in [-0.3, -0.25) is 4.57 Å². The van der Waals surface area contributed by atoms with Crippen LogP contribution in [0.1, 0.15) is 118 Å². The molecular formula is C68H72N4O. The Morgan fingerprint density at radius 3 is 1.51 bits per heavy atom. The van der Waals surface area contributed by atoms with Crippen LogP contribution in [0, 0.1) is 0 Å². The maximum absolute atomic E-state index is 7.04. The first-order valence-electron chi connectivity index (χ1n) is 26.0.